The summed E-state index contributed by atoms with van der Waals surface area (Å²) in [5.74, 6) is 0.328. The second-order valence-corrected chi connectivity index (χ2v) is 4.28. The Morgan fingerprint density at radius 2 is 2.16 bits per heavy atom. The van der Waals surface area contributed by atoms with E-state index in [0.717, 1.165) is 5.56 Å². The molecule has 0 saturated carbocycles. The first kappa shape index (κ1) is 17.9. The zero-order valence-corrected chi connectivity index (χ0v) is 13.8. The maximum absolute atomic E-state index is 13.2. The number of ether oxygens (including phenoxy) is 1. The molecule has 0 aliphatic heterocycles. The van der Waals surface area contributed by atoms with Crippen molar-refractivity contribution in [2.24, 2.45) is 10.7 Å². The fraction of sp³-hybridized carbons (Fsp3) is 0.462. The highest BCUT2D eigenvalue weighted by Crippen LogP contribution is 2.18. The predicted molar refractivity (Wildman–Crippen MR) is 86.8 cm³/mol. The average molecular weight is 381 g/mol. The van der Waals surface area contributed by atoms with Gasteiger partial charge in [0.1, 0.15) is 0 Å². The second kappa shape index (κ2) is 8.95. The summed E-state index contributed by atoms with van der Waals surface area (Å²) < 4.78 is 18.1. The number of nitrogens with one attached hydrogen (secondary N) is 1. The van der Waals surface area contributed by atoms with E-state index in [0.29, 0.717) is 18.9 Å². The first-order valence-corrected chi connectivity index (χ1v) is 5.91. The Kier molecular flexibility index (Phi) is 8.46. The summed E-state index contributed by atoms with van der Waals surface area (Å²) >= 11 is 0. The molecule has 4 nitrogen and oxygen atoms in total. The van der Waals surface area contributed by atoms with Crippen LogP contribution in [0.3, 0.4) is 0 Å². The van der Waals surface area contributed by atoms with Gasteiger partial charge in [-0.1, -0.05) is 6.07 Å². The third-order valence-corrected chi connectivity index (χ3v) is 2.33. The van der Waals surface area contributed by atoms with Crippen LogP contribution in [0, 0.1) is 5.82 Å². The normalized spacial score (nSPS) is 11.1. The lowest BCUT2D eigenvalue weighted by Gasteiger charge is -2.08. The Hall–Kier alpha value is -1.05. The van der Waals surface area contributed by atoms with Crippen LogP contribution in [0.2, 0.25) is 0 Å². The van der Waals surface area contributed by atoms with E-state index in [9.17, 15) is 4.39 Å². The molecule has 19 heavy (non-hydrogen) atoms. The van der Waals surface area contributed by atoms with Crippen molar-refractivity contribution >= 4 is 29.9 Å². The fourth-order valence-corrected chi connectivity index (χ4v) is 1.51. The average Bonchev–Trinajstić information content (AvgIpc) is 2.30. The molecule has 0 spiro atoms. The molecule has 0 aromatic heterocycles. The van der Waals surface area contributed by atoms with E-state index >= 15 is 0 Å². The van der Waals surface area contributed by atoms with Gasteiger partial charge >= 0.3 is 0 Å². The SMILES string of the molecule is COc1cc(CCN=C(N)NC(C)C)ccc1F.I. The van der Waals surface area contributed by atoms with Gasteiger partial charge in [0.05, 0.1) is 7.11 Å². The van der Waals surface area contributed by atoms with E-state index in [4.69, 9.17) is 10.5 Å². The molecule has 0 bridgehead atoms. The number of hydrogen-bond acceptors (Lipinski definition) is 2. The zero-order valence-electron chi connectivity index (χ0n) is 11.4. The summed E-state index contributed by atoms with van der Waals surface area (Å²) in [6.45, 7) is 4.54. The van der Waals surface area contributed by atoms with Crippen molar-refractivity contribution in [1.29, 1.82) is 0 Å². The molecule has 1 rings (SSSR count). The molecule has 0 heterocycles. The summed E-state index contributed by atoms with van der Waals surface area (Å²) in [6, 6.07) is 5.06. The van der Waals surface area contributed by atoms with Crippen molar-refractivity contribution in [3.63, 3.8) is 0 Å². The van der Waals surface area contributed by atoms with Crippen LogP contribution in [0.1, 0.15) is 19.4 Å². The van der Waals surface area contributed by atoms with Crippen LogP contribution in [0.25, 0.3) is 0 Å². The third-order valence-electron chi connectivity index (χ3n) is 2.33. The molecule has 1 aromatic rings. The van der Waals surface area contributed by atoms with Crippen LogP contribution in [0.15, 0.2) is 23.2 Å². The van der Waals surface area contributed by atoms with E-state index in [1.807, 2.05) is 13.8 Å². The number of halogens is 2. The van der Waals surface area contributed by atoms with E-state index in [1.54, 1.807) is 12.1 Å². The van der Waals surface area contributed by atoms with Gasteiger partial charge in [-0.15, -0.1) is 24.0 Å². The maximum atomic E-state index is 13.2. The Morgan fingerprint density at radius 1 is 1.47 bits per heavy atom. The van der Waals surface area contributed by atoms with Gasteiger partial charge in [-0.05, 0) is 38.0 Å². The van der Waals surface area contributed by atoms with Crippen molar-refractivity contribution < 1.29 is 9.13 Å². The number of guanidine groups is 1. The maximum Gasteiger partial charge on any atom is 0.188 e. The molecule has 1 aromatic carbocycles. The first-order chi connectivity index (χ1) is 8.52. The largest absolute Gasteiger partial charge is 0.494 e. The van der Waals surface area contributed by atoms with Crippen LogP contribution in [0.4, 0.5) is 4.39 Å². The molecule has 0 amide bonds. The van der Waals surface area contributed by atoms with Crippen molar-refractivity contribution in [3.05, 3.63) is 29.6 Å². The van der Waals surface area contributed by atoms with Crippen LogP contribution >= 0.6 is 24.0 Å². The molecular formula is C13H21FIN3O. The highest BCUT2D eigenvalue weighted by Gasteiger charge is 2.03. The van der Waals surface area contributed by atoms with Gasteiger partial charge in [0.2, 0.25) is 0 Å². The number of nitrogens with two attached hydrogens (primary N) is 1. The first-order valence-electron chi connectivity index (χ1n) is 5.91. The minimum atomic E-state index is -0.356. The number of rotatable bonds is 5. The molecule has 0 unspecified atom stereocenters. The van der Waals surface area contributed by atoms with Gasteiger partial charge in [0.15, 0.2) is 17.5 Å². The van der Waals surface area contributed by atoms with Crippen molar-refractivity contribution in [2.75, 3.05) is 13.7 Å². The van der Waals surface area contributed by atoms with Gasteiger partial charge < -0.3 is 15.8 Å². The number of hydrogen-bond donors (Lipinski definition) is 2. The molecule has 0 aliphatic rings. The van der Waals surface area contributed by atoms with E-state index in [1.165, 1.54) is 13.2 Å². The Balaban J connectivity index is 0.00000324. The minimum Gasteiger partial charge on any atom is -0.494 e. The number of nitrogens with zero attached hydrogens (tertiary/aromatic N) is 1. The monoisotopic (exact) mass is 381 g/mol. The van der Waals surface area contributed by atoms with E-state index in [-0.39, 0.29) is 41.6 Å². The quantitative estimate of drug-likeness (QED) is 0.468. The van der Waals surface area contributed by atoms with Crippen molar-refractivity contribution in [2.45, 2.75) is 26.3 Å². The zero-order chi connectivity index (χ0) is 13.5. The lowest BCUT2D eigenvalue weighted by atomic mass is 10.1. The minimum absolute atomic E-state index is 0. The molecule has 108 valence electrons. The Morgan fingerprint density at radius 3 is 2.74 bits per heavy atom. The standard InChI is InChI=1S/C13H20FN3O.HI/c1-9(2)17-13(15)16-7-6-10-4-5-11(14)12(8-10)18-3;/h4-5,8-9H,6-7H2,1-3H3,(H3,15,16,17);1H. The summed E-state index contributed by atoms with van der Waals surface area (Å²) in [6.07, 6.45) is 0.692. The highest BCUT2D eigenvalue weighted by atomic mass is 127. The van der Waals surface area contributed by atoms with Crippen LogP contribution in [-0.4, -0.2) is 25.7 Å². The van der Waals surface area contributed by atoms with E-state index < -0.39 is 0 Å². The van der Waals surface area contributed by atoms with Gasteiger partial charge in [0.25, 0.3) is 0 Å². The topological polar surface area (TPSA) is 59.6 Å². The smallest absolute Gasteiger partial charge is 0.188 e. The van der Waals surface area contributed by atoms with Gasteiger partial charge in [0, 0.05) is 12.6 Å². The molecule has 0 saturated heterocycles. The fourth-order valence-electron chi connectivity index (χ4n) is 1.51. The van der Waals surface area contributed by atoms with Crippen LogP contribution in [-0.2, 0) is 6.42 Å². The summed E-state index contributed by atoms with van der Waals surface area (Å²) in [7, 11) is 1.45. The van der Waals surface area contributed by atoms with Crippen LogP contribution in [0.5, 0.6) is 5.75 Å². The van der Waals surface area contributed by atoms with Gasteiger partial charge in [-0.25, -0.2) is 4.39 Å². The molecule has 0 atom stereocenters. The lowest BCUT2D eigenvalue weighted by Crippen LogP contribution is -2.36. The molecule has 0 aliphatic carbocycles. The highest BCUT2D eigenvalue weighted by molar-refractivity contribution is 14.0. The van der Waals surface area contributed by atoms with Crippen LogP contribution < -0.4 is 15.8 Å². The molecule has 0 fully saturated rings. The van der Waals surface area contributed by atoms with Crippen molar-refractivity contribution in [3.8, 4) is 5.75 Å². The van der Waals surface area contributed by atoms with Crippen molar-refractivity contribution in [1.82, 2.24) is 5.32 Å². The predicted octanol–water partition coefficient (Wildman–Crippen LogP) is 2.31. The summed E-state index contributed by atoms with van der Waals surface area (Å²) in [4.78, 5) is 4.19. The molecular weight excluding hydrogens is 360 g/mol. The molecule has 3 N–H and O–H groups in total. The summed E-state index contributed by atoms with van der Waals surface area (Å²) in [5, 5.41) is 3.00. The Bertz CT molecular complexity index is 424. The van der Waals surface area contributed by atoms with Gasteiger partial charge in [-0.2, -0.15) is 0 Å². The third kappa shape index (κ3) is 6.60. The molecule has 6 heteroatoms. The number of methoxy groups -OCH3 is 1. The Labute approximate surface area is 130 Å². The van der Waals surface area contributed by atoms with E-state index in [2.05, 4.69) is 10.3 Å². The number of benzene rings is 1. The second-order valence-electron chi connectivity index (χ2n) is 4.28. The lowest BCUT2D eigenvalue weighted by molar-refractivity contribution is 0.386. The number of aliphatic imine (C=N–C) groups is 1. The summed E-state index contributed by atoms with van der Waals surface area (Å²) in [5.41, 5.74) is 6.64. The van der Waals surface area contributed by atoms with Gasteiger partial charge in [-0.3, -0.25) is 4.99 Å². The molecule has 0 radical (unpaired) electrons.